The first kappa shape index (κ1) is 58.2. The second-order valence-electron chi connectivity index (χ2n) is 19.9. The molecule has 0 aliphatic carbocycles. The lowest BCUT2D eigenvalue weighted by Gasteiger charge is -2.17. The molecule has 0 spiro atoms. The van der Waals surface area contributed by atoms with Crippen molar-refractivity contribution in [1.82, 2.24) is 0 Å². The minimum absolute atomic E-state index is 0.0420. The van der Waals surface area contributed by atoms with E-state index in [0.717, 1.165) is 18.8 Å². The highest BCUT2D eigenvalue weighted by atomic mass is 16.4. The first-order chi connectivity index (χ1) is 30.5. The summed E-state index contributed by atoms with van der Waals surface area (Å²) < 4.78 is 0. The zero-order valence-corrected chi connectivity index (χ0v) is 41.8. The first-order valence-electron chi connectivity index (χ1n) is 28.1. The molecule has 0 aromatic heterocycles. The normalized spacial score (nSPS) is 11.6. The molecular weight excluding hydrogens is 761 g/mol. The van der Waals surface area contributed by atoms with Crippen LogP contribution < -0.4 is 0 Å². The van der Waals surface area contributed by atoms with Gasteiger partial charge in [-0.1, -0.05) is 315 Å². The summed E-state index contributed by atoms with van der Waals surface area (Å²) in [6.45, 7) is 4.62. The highest BCUT2D eigenvalue weighted by molar-refractivity contribution is 6.02. The van der Waals surface area contributed by atoms with Gasteiger partial charge in [-0.3, -0.25) is 0 Å². The zero-order valence-electron chi connectivity index (χ0n) is 41.8. The fourth-order valence-electron chi connectivity index (χ4n) is 9.97. The van der Waals surface area contributed by atoms with E-state index in [0.29, 0.717) is 12.0 Å². The molecule has 2 N–H and O–H groups in total. The smallest absolute Gasteiger partial charge is 0.336 e. The zero-order chi connectivity index (χ0) is 44.8. The van der Waals surface area contributed by atoms with Crippen LogP contribution in [0.5, 0.6) is 0 Å². The molecule has 0 saturated carbocycles. The van der Waals surface area contributed by atoms with Gasteiger partial charge >= 0.3 is 11.9 Å². The molecular formula is C58H106O4. The average Bonchev–Trinajstić information content (AvgIpc) is 3.27. The van der Waals surface area contributed by atoms with Crippen LogP contribution >= 0.6 is 0 Å². The summed E-state index contributed by atoms with van der Waals surface area (Å²) in [5.41, 5.74) is 0.492. The molecule has 0 heterocycles. The van der Waals surface area contributed by atoms with Crippen molar-refractivity contribution in [3.8, 4) is 0 Å². The van der Waals surface area contributed by atoms with E-state index >= 15 is 0 Å². The third kappa shape index (κ3) is 36.5. The van der Waals surface area contributed by atoms with Gasteiger partial charge in [0, 0.05) is 0 Å². The molecule has 362 valence electrons. The van der Waals surface area contributed by atoms with E-state index in [-0.39, 0.29) is 11.1 Å². The van der Waals surface area contributed by atoms with Crippen molar-refractivity contribution >= 4 is 11.9 Å². The maximum atomic E-state index is 11.7. The number of benzene rings is 1. The fraction of sp³-hybridized carbons (Fsp3) is 0.862. The molecule has 0 aliphatic heterocycles. The molecule has 1 rings (SSSR count). The summed E-state index contributed by atoms with van der Waals surface area (Å²) in [5.74, 6) is -1.33. The van der Waals surface area contributed by atoms with Crippen LogP contribution in [-0.4, -0.2) is 22.2 Å². The Bertz CT molecular complexity index is 1080. The van der Waals surface area contributed by atoms with Crippen LogP contribution in [0.15, 0.2) is 18.2 Å². The van der Waals surface area contributed by atoms with Crippen LogP contribution in [-0.2, 0) is 6.42 Å². The van der Waals surface area contributed by atoms with Crippen LogP contribution in [0.25, 0.3) is 0 Å². The van der Waals surface area contributed by atoms with E-state index in [2.05, 4.69) is 13.8 Å². The van der Waals surface area contributed by atoms with Gasteiger partial charge in [0.2, 0.25) is 0 Å². The Morgan fingerprint density at radius 2 is 0.613 bits per heavy atom. The number of hydrogen-bond acceptors (Lipinski definition) is 2. The molecule has 62 heavy (non-hydrogen) atoms. The topological polar surface area (TPSA) is 74.6 Å². The highest BCUT2D eigenvalue weighted by Crippen LogP contribution is 2.26. The maximum absolute atomic E-state index is 11.7. The second-order valence-corrected chi connectivity index (χ2v) is 19.9. The van der Waals surface area contributed by atoms with Gasteiger partial charge in [-0.15, -0.1) is 0 Å². The molecule has 0 unspecified atom stereocenters. The molecule has 0 saturated heterocycles. The van der Waals surface area contributed by atoms with Crippen molar-refractivity contribution in [2.75, 3.05) is 0 Å². The van der Waals surface area contributed by atoms with Crippen molar-refractivity contribution in [2.24, 2.45) is 5.92 Å². The number of carboxylic acid groups (broad SMARTS) is 2. The third-order valence-electron chi connectivity index (χ3n) is 14.1. The lowest BCUT2D eigenvalue weighted by atomic mass is 9.89. The van der Waals surface area contributed by atoms with Crippen LogP contribution in [0.3, 0.4) is 0 Å². The van der Waals surface area contributed by atoms with Gasteiger partial charge in [0.25, 0.3) is 0 Å². The van der Waals surface area contributed by atoms with E-state index in [1.54, 1.807) is 12.1 Å². The Kier molecular flexibility index (Phi) is 42.9. The van der Waals surface area contributed by atoms with Crippen LogP contribution in [0.1, 0.15) is 335 Å². The second kappa shape index (κ2) is 45.7. The Hall–Kier alpha value is -1.84. The Labute approximate surface area is 386 Å². The minimum Gasteiger partial charge on any atom is -0.478 e. The Morgan fingerprint density at radius 1 is 0.355 bits per heavy atom. The van der Waals surface area contributed by atoms with Gasteiger partial charge in [0.1, 0.15) is 0 Å². The van der Waals surface area contributed by atoms with Crippen LogP contribution in [0.4, 0.5) is 0 Å². The third-order valence-corrected chi connectivity index (χ3v) is 14.1. The average molecular weight is 867 g/mol. The van der Waals surface area contributed by atoms with Crippen molar-refractivity contribution in [2.45, 2.75) is 316 Å². The summed E-state index contributed by atoms with van der Waals surface area (Å²) in [6.07, 6.45) is 65.6. The summed E-state index contributed by atoms with van der Waals surface area (Å²) >= 11 is 0. The molecule has 0 aliphatic rings. The molecule has 0 fully saturated rings. The largest absolute Gasteiger partial charge is 0.478 e. The Balaban J connectivity index is 2.11. The molecule has 1 aromatic carbocycles. The van der Waals surface area contributed by atoms with E-state index in [9.17, 15) is 19.8 Å². The maximum Gasteiger partial charge on any atom is 0.336 e. The standard InChI is InChI=1S/C58H106O4/c1-3-5-7-9-11-13-15-17-22-26-30-34-38-42-47-53(48-43-39-35-31-27-23-18-16-14-12-10-8-6-4-2)49-44-40-36-32-28-24-20-19-21-25-29-33-37-41-45-50-54-51-46-52-55(57(59)60)56(54)58(61)62/h46,51-53H,3-45,47-50H2,1-2H3,(H,59,60)(H,61,62). The molecule has 0 bridgehead atoms. The van der Waals surface area contributed by atoms with Gasteiger partial charge in [-0.2, -0.15) is 0 Å². The summed E-state index contributed by atoms with van der Waals surface area (Å²) in [7, 11) is 0. The summed E-state index contributed by atoms with van der Waals surface area (Å²) in [4.78, 5) is 23.1. The summed E-state index contributed by atoms with van der Waals surface area (Å²) in [5, 5.41) is 18.9. The van der Waals surface area contributed by atoms with Gasteiger partial charge < -0.3 is 10.2 Å². The van der Waals surface area contributed by atoms with Crippen molar-refractivity contribution < 1.29 is 19.8 Å². The molecule has 0 radical (unpaired) electrons. The van der Waals surface area contributed by atoms with Gasteiger partial charge in [-0.05, 0) is 30.4 Å². The minimum atomic E-state index is -1.17. The van der Waals surface area contributed by atoms with Crippen molar-refractivity contribution in [3.63, 3.8) is 0 Å². The highest BCUT2D eigenvalue weighted by Gasteiger charge is 2.19. The number of hydrogen-bond donors (Lipinski definition) is 2. The van der Waals surface area contributed by atoms with Gasteiger partial charge in [0.15, 0.2) is 0 Å². The molecule has 4 nitrogen and oxygen atoms in total. The summed E-state index contributed by atoms with van der Waals surface area (Å²) in [6, 6.07) is 4.80. The predicted octanol–water partition coefficient (Wildman–Crippen LogP) is 20.2. The van der Waals surface area contributed by atoms with E-state index in [1.165, 1.54) is 289 Å². The fourth-order valence-corrected chi connectivity index (χ4v) is 9.97. The van der Waals surface area contributed by atoms with Crippen LogP contribution in [0.2, 0.25) is 0 Å². The van der Waals surface area contributed by atoms with Crippen LogP contribution in [0, 0.1) is 5.92 Å². The quantitative estimate of drug-likeness (QED) is 0.0640. The number of rotatable bonds is 50. The number of carbonyl (C=O) groups is 2. The van der Waals surface area contributed by atoms with Crippen molar-refractivity contribution in [3.05, 3.63) is 34.9 Å². The molecule has 0 amide bonds. The monoisotopic (exact) mass is 867 g/mol. The molecule has 0 atom stereocenters. The SMILES string of the molecule is CCCCCCCCCCCCCCCCC(CCCCCCCCCCCCCCCC)CCCCCCCCCCCCCCCCCc1cccc(C(=O)O)c1C(=O)O. The molecule has 1 aromatic rings. The number of aryl methyl sites for hydroxylation is 1. The van der Waals surface area contributed by atoms with Gasteiger partial charge in [0.05, 0.1) is 11.1 Å². The lowest BCUT2D eigenvalue weighted by Crippen LogP contribution is -2.11. The lowest BCUT2D eigenvalue weighted by molar-refractivity contribution is 0.0650. The predicted molar refractivity (Wildman–Crippen MR) is 271 cm³/mol. The van der Waals surface area contributed by atoms with E-state index in [1.807, 2.05) is 0 Å². The van der Waals surface area contributed by atoms with E-state index in [4.69, 9.17) is 0 Å². The molecule has 4 heteroatoms. The number of unbranched alkanes of at least 4 members (excludes halogenated alkanes) is 40. The number of aromatic carboxylic acids is 2. The Morgan fingerprint density at radius 3 is 0.871 bits per heavy atom. The van der Waals surface area contributed by atoms with Gasteiger partial charge in [-0.25, -0.2) is 9.59 Å². The van der Waals surface area contributed by atoms with Crippen molar-refractivity contribution in [1.29, 1.82) is 0 Å². The number of carboxylic acids is 2. The first-order valence-corrected chi connectivity index (χ1v) is 28.1. The van der Waals surface area contributed by atoms with E-state index < -0.39 is 11.9 Å².